The van der Waals surface area contributed by atoms with Gasteiger partial charge in [-0.25, -0.2) is 0 Å². The van der Waals surface area contributed by atoms with Gasteiger partial charge >= 0.3 is 0 Å². The van der Waals surface area contributed by atoms with Gasteiger partial charge in [0.2, 0.25) is 0 Å². The van der Waals surface area contributed by atoms with Gasteiger partial charge in [-0.2, -0.15) is 0 Å². The molecule has 0 unspecified atom stereocenters. The van der Waals surface area contributed by atoms with Crippen LogP contribution < -0.4 is 5.32 Å². The molecule has 1 aliphatic rings. The molecule has 0 amide bonds. The molecule has 0 aromatic carbocycles. The molecule has 0 saturated carbocycles. The Morgan fingerprint density at radius 2 is 2.10 bits per heavy atom. The van der Waals surface area contributed by atoms with Gasteiger partial charge in [-0.1, -0.05) is 13.8 Å². The van der Waals surface area contributed by atoms with Crippen LogP contribution in [0.1, 0.15) is 38.0 Å². The third-order valence-electron chi connectivity index (χ3n) is 3.95. The van der Waals surface area contributed by atoms with Crippen molar-refractivity contribution in [1.29, 1.82) is 0 Å². The lowest BCUT2D eigenvalue weighted by Gasteiger charge is -2.21. The number of hydrogen-bond donors (Lipinski definition) is 1. The largest absolute Gasteiger partial charge is 0.468 e. The monoisotopic (exact) mass is 279 g/mol. The molecule has 20 heavy (non-hydrogen) atoms. The number of rotatable bonds is 8. The van der Waals surface area contributed by atoms with Crippen molar-refractivity contribution in [3.63, 3.8) is 0 Å². The van der Waals surface area contributed by atoms with Crippen LogP contribution in [0.2, 0.25) is 0 Å². The van der Waals surface area contributed by atoms with Crippen LogP contribution in [0.15, 0.2) is 16.7 Å². The highest BCUT2D eigenvalue weighted by molar-refractivity contribution is 5.16. The summed E-state index contributed by atoms with van der Waals surface area (Å²) in [5, 5.41) is 3.45. The highest BCUT2D eigenvalue weighted by Crippen LogP contribution is 2.13. The van der Waals surface area contributed by atoms with E-state index in [-0.39, 0.29) is 0 Å². The lowest BCUT2D eigenvalue weighted by Crippen LogP contribution is -2.31. The minimum Gasteiger partial charge on any atom is -0.468 e. The van der Waals surface area contributed by atoms with Gasteiger partial charge in [0.1, 0.15) is 5.76 Å². The van der Waals surface area contributed by atoms with Gasteiger partial charge in [-0.15, -0.1) is 0 Å². The number of furan rings is 1. The third-order valence-corrected chi connectivity index (χ3v) is 3.95. The molecule has 4 heteroatoms. The first-order valence-corrected chi connectivity index (χ1v) is 7.84. The van der Waals surface area contributed by atoms with Crippen molar-refractivity contribution in [2.24, 2.45) is 0 Å². The van der Waals surface area contributed by atoms with Crippen molar-refractivity contribution in [2.45, 2.75) is 45.8 Å². The van der Waals surface area contributed by atoms with Crippen LogP contribution in [0.25, 0.3) is 0 Å². The predicted octanol–water partition coefficient (Wildman–Crippen LogP) is 2.31. The van der Waals surface area contributed by atoms with E-state index in [1.807, 2.05) is 0 Å². The summed E-state index contributed by atoms with van der Waals surface area (Å²) in [7, 11) is 2.18. The molecule has 0 radical (unpaired) electrons. The first-order valence-electron chi connectivity index (χ1n) is 7.84. The van der Waals surface area contributed by atoms with Crippen molar-refractivity contribution in [2.75, 3.05) is 33.2 Å². The van der Waals surface area contributed by atoms with Crippen LogP contribution in [0.5, 0.6) is 0 Å². The Bertz CT molecular complexity index is 383. The maximum atomic E-state index is 5.64. The molecule has 1 aromatic heterocycles. The standard InChI is InChI=1S/C16H29N3O/c1-14(2)17-12-15-6-11-20-16(15)13-18(3)9-10-19-7-4-5-8-19/h6,11,14,17H,4-5,7-10,12-13H2,1-3H3. The molecule has 0 aliphatic carbocycles. The van der Waals surface area contributed by atoms with Crippen LogP contribution >= 0.6 is 0 Å². The van der Waals surface area contributed by atoms with Crippen molar-refractivity contribution >= 4 is 0 Å². The van der Waals surface area contributed by atoms with Crippen molar-refractivity contribution in [3.8, 4) is 0 Å². The van der Waals surface area contributed by atoms with E-state index < -0.39 is 0 Å². The summed E-state index contributed by atoms with van der Waals surface area (Å²) >= 11 is 0. The second kappa shape index (κ2) is 7.81. The average Bonchev–Trinajstić information content (AvgIpc) is 3.05. The minimum atomic E-state index is 0.505. The quantitative estimate of drug-likeness (QED) is 0.791. The average molecular weight is 279 g/mol. The molecule has 1 aromatic rings. The lowest BCUT2D eigenvalue weighted by molar-refractivity contribution is 0.238. The Morgan fingerprint density at radius 1 is 1.35 bits per heavy atom. The molecule has 1 N–H and O–H groups in total. The van der Waals surface area contributed by atoms with Gasteiger partial charge in [-0.3, -0.25) is 4.90 Å². The molecule has 2 heterocycles. The van der Waals surface area contributed by atoms with Crippen LogP contribution in [-0.4, -0.2) is 49.1 Å². The van der Waals surface area contributed by atoms with Crippen LogP contribution in [0, 0.1) is 0 Å². The maximum Gasteiger partial charge on any atom is 0.122 e. The maximum absolute atomic E-state index is 5.64. The summed E-state index contributed by atoms with van der Waals surface area (Å²) in [5.74, 6) is 1.10. The van der Waals surface area contributed by atoms with Gasteiger partial charge in [0.25, 0.3) is 0 Å². The van der Waals surface area contributed by atoms with E-state index in [1.165, 1.54) is 38.0 Å². The summed E-state index contributed by atoms with van der Waals surface area (Å²) < 4.78 is 5.64. The molecule has 0 bridgehead atoms. The third kappa shape index (κ3) is 4.93. The molecule has 4 nitrogen and oxygen atoms in total. The minimum absolute atomic E-state index is 0.505. The molecule has 0 spiro atoms. The second-order valence-electron chi connectivity index (χ2n) is 6.19. The van der Waals surface area contributed by atoms with E-state index in [0.29, 0.717) is 6.04 Å². The zero-order valence-corrected chi connectivity index (χ0v) is 13.2. The zero-order chi connectivity index (χ0) is 14.4. The van der Waals surface area contributed by atoms with Gasteiger partial charge in [-0.05, 0) is 39.0 Å². The van der Waals surface area contributed by atoms with E-state index >= 15 is 0 Å². The number of likely N-dealkylation sites (tertiary alicyclic amines) is 1. The van der Waals surface area contributed by atoms with Gasteiger partial charge in [0, 0.05) is 31.2 Å². The SMILES string of the molecule is CC(C)NCc1ccoc1CN(C)CCN1CCCC1. The summed E-state index contributed by atoms with van der Waals surface area (Å²) in [5.41, 5.74) is 1.28. The number of nitrogens with one attached hydrogen (secondary N) is 1. The van der Waals surface area contributed by atoms with Crippen LogP contribution in [-0.2, 0) is 13.1 Å². The highest BCUT2D eigenvalue weighted by Gasteiger charge is 2.13. The second-order valence-corrected chi connectivity index (χ2v) is 6.19. The summed E-state index contributed by atoms with van der Waals surface area (Å²) in [4.78, 5) is 4.91. The van der Waals surface area contributed by atoms with E-state index in [9.17, 15) is 0 Å². The number of likely N-dealkylation sites (N-methyl/N-ethyl adjacent to an activating group) is 1. The highest BCUT2D eigenvalue weighted by atomic mass is 16.3. The fraction of sp³-hybridized carbons (Fsp3) is 0.750. The van der Waals surface area contributed by atoms with E-state index in [2.05, 4.69) is 42.1 Å². The molecule has 2 rings (SSSR count). The molecule has 1 aliphatic heterocycles. The fourth-order valence-electron chi connectivity index (χ4n) is 2.62. The smallest absolute Gasteiger partial charge is 0.122 e. The number of hydrogen-bond acceptors (Lipinski definition) is 4. The van der Waals surface area contributed by atoms with Crippen molar-refractivity contribution in [3.05, 3.63) is 23.7 Å². The molecule has 114 valence electrons. The Morgan fingerprint density at radius 3 is 2.80 bits per heavy atom. The van der Waals surface area contributed by atoms with Crippen LogP contribution in [0.3, 0.4) is 0 Å². The van der Waals surface area contributed by atoms with E-state index in [1.54, 1.807) is 6.26 Å². The topological polar surface area (TPSA) is 31.7 Å². The summed E-state index contributed by atoms with van der Waals surface area (Å²) in [6.45, 7) is 11.0. The normalized spacial score (nSPS) is 16.6. The first kappa shape index (κ1) is 15.5. The Balaban J connectivity index is 1.75. The molecular formula is C16H29N3O. The molecular weight excluding hydrogens is 250 g/mol. The van der Waals surface area contributed by atoms with Crippen molar-refractivity contribution in [1.82, 2.24) is 15.1 Å². The Hall–Kier alpha value is -0.840. The Kier molecular flexibility index (Phi) is 6.07. The summed E-state index contributed by atoms with van der Waals surface area (Å²) in [6.07, 6.45) is 4.54. The van der Waals surface area contributed by atoms with Gasteiger partial charge in [0.05, 0.1) is 12.8 Å². The zero-order valence-electron chi connectivity index (χ0n) is 13.2. The molecule has 1 fully saturated rings. The fourth-order valence-corrected chi connectivity index (χ4v) is 2.62. The molecule has 1 saturated heterocycles. The molecule has 0 atom stereocenters. The first-order chi connectivity index (χ1) is 9.65. The summed E-state index contributed by atoms with van der Waals surface area (Å²) in [6, 6.07) is 2.59. The predicted molar refractivity (Wildman–Crippen MR) is 82.7 cm³/mol. The van der Waals surface area contributed by atoms with Crippen molar-refractivity contribution < 1.29 is 4.42 Å². The van der Waals surface area contributed by atoms with E-state index in [0.717, 1.165) is 25.4 Å². The van der Waals surface area contributed by atoms with E-state index in [4.69, 9.17) is 4.42 Å². The van der Waals surface area contributed by atoms with Gasteiger partial charge in [0.15, 0.2) is 0 Å². The number of nitrogens with zero attached hydrogens (tertiary/aromatic N) is 2. The van der Waals surface area contributed by atoms with Crippen LogP contribution in [0.4, 0.5) is 0 Å². The lowest BCUT2D eigenvalue weighted by atomic mass is 10.2. The van der Waals surface area contributed by atoms with Gasteiger partial charge < -0.3 is 14.6 Å². The Labute approximate surface area is 123 Å².